The van der Waals surface area contributed by atoms with Crippen LogP contribution in [0.5, 0.6) is 5.75 Å². The lowest BCUT2D eigenvalue weighted by Crippen LogP contribution is -2.23. The number of nitrogens with one attached hydrogen (secondary N) is 2. The molecule has 0 unspecified atom stereocenters. The number of benzene rings is 3. The molecule has 0 heterocycles. The molecule has 7 nitrogen and oxygen atoms in total. The molecule has 0 aromatic heterocycles. The van der Waals surface area contributed by atoms with E-state index in [1.54, 1.807) is 31.5 Å². The maximum Gasteiger partial charge on any atom is 0.273 e. The fourth-order valence-electron chi connectivity index (χ4n) is 3.95. The predicted octanol–water partition coefficient (Wildman–Crippen LogP) is 6.14. The number of halogens is 1. The van der Waals surface area contributed by atoms with E-state index in [1.165, 1.54) is 5.56 Å². The van der Waals surface area contributed by atoms with Crippen LogP contribution in [-0.4, -0.2) is 49.7 Å². The average molecular weight is 580 g/mol. The van der Waals surface area contributed by atoms with Gasteiger partial charge in [0.05, 0.1) is 24.6 Å². The number of aryl methyl sites for hydroxylation is 1. The third-order valence-electron chi connectivity index (χ3n) is 6.27. The zero-order chi connectivity index (χ0) is 27.3. The number of amides is 2. The van der Waals surface area contributed by atoms with Crippen molar-refractivity contribution in [2.24, 2.45) is 5.10 Å². The molecule has 0 aliphatic heterocycles. The highest BCUT2D eigenvalue weighted by atomic mass is 79.9. The second kappa shape index (κ2) is 15.1. The second-order valence-corrected chi connectivity index (χ2v) is 9.71. The monoisotopic (exact) mass is 578 g/mol. The second-order valence-electron chi connectivity index (χ2n) is 8.80. The Kier molecular flexibility index (Phi) is 11.5. The molecule has 0 aliphatic rings. The Morgan fingerprint density at radius 3 is 2.32 bits per heavy atom. The van der Waals surface area contributed by atoms with Crippen molar-refractivity contribution in [2.75, 3.05) is 32.1 Å². The van der Waals surface area contributed by atoms with Crippen molar-refractivity contribution < 1.29 is 14.3 Å². The van der Waals surface area contributed by atoms with Gasteiger partial charge in [0, 0.05) is 10.0 Å². The first kappa shape index (κ1) is 29.1. The minimum absolute atomic E-state index is 0.281. The van der Waals surface area contributed by atoms with Crippen molar-refractivity contribution in [3.05, 3.63) is 93.5 Å². The smallest absolute Gasteiger partial charge is 0.273 e. The molecule has 0 spiro atoms. The van der Waals surface area contributed by atoms with Gasteiger partial charge < -0.3 is 15.0 Å². The van der Waals surface area contributed by atoms with Crippen molar-refractivity contribution >= 4 is 39.6 Å². The Hall–Kier alpha value is -3.49. The largest absolute Gasteiger partial charge is 0.497 e. The molecule has 0 fully saturated rings. The summed E-state index contributed by atoms with van der Waals surface area (Å²) >= 11 is 3.40. The van der Waals surface area contributed by atoms with Crippen LogP contribution in [-0.2, 0) is 6.42 Å². The van der Waals surface area contributed by atoms with Crippen LogP contribution in [0.2, 0.25) is 0 Å². The molecule has 8 heteroatoms. The van der Waals surface area contributed by atoms with E-state index in [-0.39, 0.29) is 5.91 Å². The molecule has 0 aliphatic carbocycles. The van der Waals surface area contributed by atoms with Gasteiger partial charge >= 0.3 is 0 Å². The van der Waals surface area contributed by atoms with Crippen LogP contribution >= 0.6 is 15.9 Å². The molecule has 0 saturated carbocycles. The lowest BCUT2D eigenvalue weighted by Gasteiger charge is -2.17. The highest BCUT2D eigenvalue weighted by Gasteiger charge is 2.15. The molecule has 38 heavy (non-hydrogen) atoms. The van der Waals surface area contributed by atoms with Crippen LogP contribution in [0.1, 0.15) is 58.5 Å². The summed E-state index contributed by atoms with van der Waals surface area (Å²) in [6.07, 6.45) is 4.79. The molecular formula is C30H35BrN4O3. The number of nitrogens with zero attached hydrogens (tertiary/aromatic N) is 2. The summed E-state index contributed by atoms with van der Waals surface area (Å²) in [5.74, 6) is 0.0174. The number of ether oxygens (including phenoxy) is 1. The third kappa shape index (κ3) is 8.82. The topological polar surface area (TPSA) is 83.0 Å². The number of carbonyl (C=O) groups is 2. The Labute approximate surface area is 233 Å². The summed E-state index contributed by atoms with van der Waals surface area (Å²) in [4.78, 5) is 28.2. The lowest BCUT2D eigenvalue weighted by molar-refractivity contribution is 0.0956. The first-order chi connectivity index (χ1) is 18.4. The van der Waals surface area contributed by atoms with Crippen molar-refractivity contribution in [3.63, 3.8) is 0 Å². The molecule has 0 atom stereocenters. The van der Waals surface area contributed by atoms with Gasteiger partial charge in [-0.2, -0.15) is 5.10 Å². The molecule has 0 saturated heterocycles. The summed E-state index contributed by atoms with van der Waals surface area (Å²) in [5, 5.41) is 6.91. The summed E-state index contributed by atoms with van der Waals surface area (Å²) in [7, 11) is 1.60. The zero-order valence-corrected chi connectivity index (χ0v) is 23.8. The lowest BCUT2D eigenvalue weighted by atomic mass is 10.1. The highest BCUT2D eigenvalue weighted by molar-refractivity contribution is 9.10. The van der Waals surface area contributed by atoms with Gasteiger partial charge in [0.1, 0.15) is 5.75 Å². The summed E-state index contributed by atoms with van der Waals surface area (Å²) < 4.78 is 5.86. The van der Waals surface area contributed by atoms with E-state index >= 15 is 0 Å². The first-order valence-electron chi connectivity index (χ1n) is 12.8. The van der Waals surface area contributed by atoms with E-state index in [4.69, 9.17) is 4.74 Å². The van der Waals surface area contributed by atoms with Crippen molar-refractivity contribution in [3.8, 4) is 5.75 Å². The molecule has 0 bridgehead atoms. The third-order valence-corrected chi connectivity index (χ3v) is 6.76. The Bertz CT molecular complexity index is 1220. The molecule has 0 radical (unpaired) electrons. The number of rotatable bonds is 13. The minimum Gasteiger partial charge on any atom is -0.497 e. The quantitative estimate of drug-likeness (QED) is 0.145. The molecule has 3 rings (SSSR count). The number of unbranched alkanes of at least 4 members (excludes halogenated alkanes) is 1. The van der Waals surface area contributed by atoms with Gasteiger partial charge in [0.25, 0.3) is 11.8 Å². The first-order valence-corrected chi connectivity index (χ1v) is 13.6. The van der Waals surface area contributed by atoms with Crippen molar-refractivity contribution in [1.29, 1.82) is 0 Å². The Balaban J connectivity index is 1.59. The molecule has 3 aromatic rings. The van der Waals surface area contributed by atoms with Gasteiger partial charge in [0.2, 0.25) is 0 Å². The normalized spacial score (nSPS) is 11.1. The van der Waals surface area contributed by atoms with Gasteiger partial charge in [-0.3, -0.25) is 9.59 Å². The number of hydrogen-bond donors (Lipinski definition) is 2. The molecule has 2 amide bonds. The predicted molar refractivity (Wildman–Crippen MR) is 157 cm³/mol. The number of anilines is 1. The van der Waals surface area contributed by atoms with Crippen LogP contribution in [0, 0.1) is 0 Å². The van der Waals surface area contributed by atoms with E-state index in [2.05, 4.69) is 50.5 Å². The maximum atomic E-state index is 12.9. The van der Waals surface area contributed by atoms with Gasteiger partial charge in [-0.25, -0.2) is 5.43 Å². The summed E-state index contributed by atoms with van der Waals surface area (Å²) in [6.45, 7) is 7.66. The van der Waals surface area contributed by atoms with Crippen LogP contribution < -0.4 is 15.5 Å². The Morgan fingerprint density at radius 2 is 1.66 bits per heavy atom. The average Bonchev–Trinajstić information content (AvgIpc) is 2.94. The molecular weight excluding hydrogens is 544 g/mol. The van der Waals surface area contributed by atoms with Gasteiger partial charge in [-0.15, -0.1) is 0 Å². The fraction of sp³-hybridized carbons (Fsp3) is 0.300. The number of carbonyl (C=O) groups excluding carboxylic acids is 2. The van der Waals surface area contributed by atoms with Crippen LogP contribution in [0.4, 0.5) is 5.69 Å². The van der Waals surface area contributed by atoms with E-state index in [0.717, 1.165) is 50.2 Å². The number of hydrogen-bond acceptors (Lipinski definition) is 5. The van der Waals surface area contributed by atoms with Crippen LogP contribution in [0.25, 0.3) is 0 Å². The van der Waals surface area contributed by atoms with Crippen LogP contribution in [0.3, 0.4) is 0 Å². The summed E-state index contributed by atoms with van der Waals surface area (Å²) in [5.41, 5.74) is 5.77. The SMILES string of the molecule is CCN(CC)CCCCc1ccc(C(=O)Nc2ccc(Br)cc2C(=O)N/N=C/c2ccc(OC)cc2)cc1. The fourth-order valence-corrected chi connectivity index (χ4v) is 4.31. The van der Waals surface area contributed by atoms with Gasteiger partial charge in [0.15, 0.2) is 0 Å². The van der Waals surface area contributed by atoms with Crippen molar-refractivity contribution in [1.82, 2.24) is 10.3 Å². The highest BCUT2D eigenvalue weighted by Crippen LogP contribution is 2.22. The number of methoxy groups -OCH3 is 1. The van der Waals surface area contributed by atoms with E-state index in [9.17, 15) is 9.59 Å². The van der Waals surface area contributed by atoms with Gasteiger partial charge in [-0.05, 0) is 105 Å². The maximum absolute atomic E-state index is 12.9. The van der Waals surface area contributed by atoms with Crippen LogP contribution in [0.15, 0.2) is 76.3 Å². The number of hydrazone groups is 1. The molecule has 2 N–H and O–H groups in total. The Morgan fingerprint density at radius 1 is 0.947 bits per heavy atom. The zero-order valence-electron chi connectivity index (χ0n) is 22.2. The van der Waals surface area contributed by atoms with Gasteiger partial charge in [-0.1, -0.05) is 41.9 Å². The minimum atomic E-state index is -0.438. The van der Waals surface area contributed by atoms with E-state index < -0.39 is 5.91 Å². The van der Waals surface area contributed by atoms with E-state index in [0.29, 0.717) is 21.3 Å². The molecule has 200 valence electrons. The summed E-state index contributed by atoms with van der Waals surface area (Å²) in [6, 6.07) is 20.0. The van der Waals surface area contributed by atoms with E-state index in [1.807, 2.05) is 48.5 Å². The van der Waals surface area contributed by atoms with Crippen molar-refractivity contribution in [2.45, 2.75) is 33.1 Å². The standard InChI is InChI=1S/C30H35BrN4O3/c1-4-35(5-2)19-7-6-8-22-9-13-24(14-10-22)29(36)33-28-18-15-25(31)20-27(28)30(37)34-32-21-23-11-16-26(38-3)17-12-23/h9-18,20-21H,4-8,19H2,1-3H3,(H,33,36)(H,34,37)/b32-21+. The molecule has 3 aromatic carbocycles.